The summed E-state index contributed by atoms with van der Waals surface area (Å²) >= 11 is 0. The highest BCUT2D eigenvalue weighted by molar-refractivity contribution is 7.89. The zero-order valence-electron chi connectivity index (χ0n) is 13.6. The van der Waals surface area contributed by atoms with Gasteiger partial charge in [0.25, 0.3) is 0 Å². The number of nitrogens with zero attached hydrogens (tertiary/aromatic N) is 2. The second-order valence-electron chi connectivity index (χ2n) is 5.76. The third-order valence-electron chi connectivity index (χ3n) is 4.35. The van der Waals surface area contributed by atoms with Gasteiger partial charge in [-0.05, 0) is 29.7 Å². The highest BCUT2D eigenvalue weighted by Crippen LogP contribution is 2.30. The normalized spacial score (nSPS) is 17.4. The first-order valence-electron chi connectivity index (χ1n) is 7.78. The van der Waals surface area contributed by atoms with Gasteiger partial charge in [0.2, 0.25) is 15.9 Å². The summed E-state index contributed by atoms with van der Waals surface area (Å²) in [6, 6.07) is 14.6. The summed E-state index contributed by atoms with van der Waals surface area (Å²) in [6.07, 6.45) is 0.295. The molecule has 0 fully saturated rings. The molecule has 3 rings (SSSR count). The first kappa shape index (κ1) is 17.1. The minimum atomic E-state index is -4.00. The van der Waals surface area contributed by atoms with Crippen molar-refractivity contribution in [2.24, 2.45) is 0 Å². The highest BCUT2D eigenvalue weighted by atomic mass is 32.2. The molecule has 1 aliphatic rings. The van der Waals surface area contributed by atoms with Crippen LogP contribution >= 0.6 is 0 Å². The lowest BCUT2D eigenvalue weighted by molar-refractivity contribution is -0.124. The molecular formula is C18H17N3O3S. The van der Waals surface area contributed by atoms with Crippen LogP contribution in [0.15, 0.2) is 53.4 Å². The average Bonchev–Trinajstić information content (AvgIpc) is 2.66. The molecule has 25 heavy (non-hydrogen) atoms. The Kier molecular flexibility index (Phi) is 4.57. The summed E-state index contributed by atoms with van der Waals surface area (Å²) < 4.78 is 27.6. The van der Waals surface area contributed by atoms with Gasteiger partial charge >= 0.3 is 0 Å². The van der Waals surface area contributed by atoms with Gasteiger partial charge in [0.1, 0.15) is 12.1 Å². The van der Waals surface area contributed by atoms with Gasteiger partial charge in [-0.1, -0.05) is 36.4 Å². The lowest BCUT2D eigenvalue weighted by atomic mass is 9.95. The second-order valence-corrected chi connectivity index (χ2v) is 7.62. The third-order valence-corrected chi connectivity index (χ3v) is 6.26. The number of benzene rings is 2. The second kappa shape index (κ2) is 6.67. The van der Waals surface area contributed by atoms with E-state index in [2.05, 4.69) is 5.32 Å². The molecule has 1 atom stereocenters. The zero-order chi connectivity index (χ0) is 18.0. The van der Waals surface area contributed by atoms with Crippen molar-refractivity contribution < 1.29 is 13.2 Å². The van der Waals surface area contributed by atoms with Crippen molar-refractivity contribution in [1.29, 1.82) is 5.26 Å². The predicted octanol–water partition coefficient (Wildman–Crippen LogP) is 1.42. The number of carbonyl (C=O) groups excluding carboxylic acids is 1. The number of nitrogens with one attached hydrogen (secondary N) is 1. The first-order valence-corrected chi connectivity index (χ1v) is 9.22. The SMILES string of the molecule is CNC(=O)[C@@H]1Cc2ccccc2CN1S(=O)(=O)c1ccccc1C#N. The van der Waals surface area contributed by atoms with E-state index in [0.29, 0.717) is 6.42 Å². The Balaban J connectivity index is 2.12. The topological polar surface area (TPSA) is 90.3 Å². The van der Waals surface area contributed by atoms with E-state index < -0.39 is 16.1 Å². The predicted molar refractivity (Wildman–Crippen MR) is 91.9 cm³/mol. The largest absolute Gasteiger partial charge is 0.358 e. The number of amides is 1. The van der Waals surface area contributed by atoms with E-state index in [1.165, 1.54) is 23.5 Å². The van der Waals surface area contributed by atoms with E-state index in [9.17, 15) is 18.5 Å². The maximum atomic E-state index is 13.2. The molecule has 0 aliphatic carbocycles. The maximum Gasteiger partial charge on any atom is 0.245 e. The van der Waals surface area contributed by atoms with Crippen LogP contribution in [0.25, 0.3) is 0 Å². The molecule has 7 heteroatoms. The van der Waals surface area contributed by atoms with Gasteiger partial charge < -0.3 is 5.32 Å². The van der Waals surface area contributed by atoms with Gasteiger partial charge in [0.05, 0.1) is 10.5 Å². The molecule has 128 valence electrons. The average molecular weight is 355 g/mol. The minimum Gasteiger partial charge on any atom is -0.358 e. The van der Waals surface area contributed by atoms with Gasteiger partial charge in [-0.15, -0.1) is 0 Å². The molecule has 6 nitrogen and oxygen atoms in total. The Bertz CT molecular complexity index is 964. The van der Waals surface area contributed by atoms with Crippen molar-refractivity contribution >= 4 is 15.9 Å². The van der Waals surface area contributed by atoms with Gasteiger partial charge in [-0.25, -0.2) is 8.42 Å². The Hall–Kier alpha value is -2.69. The Morgan fingerprint density at radius 2 is 1.80 bits per heavy atom. The van der Waals surface area contributed by atoms with Crippen LogP contribution in [-0.2, 0) is 27.8 Å². The maximum absolute atomic E-state index is 13.2. The molecule has 0 saturated heterocycles. The summed E-state index contributed by atoms with van der Waals surface area (Å²) in [5, 5.41) is 11.8. The molecule has 1 heterocycles. The number of nitriles is 1. The molecule has 1 N–H and O–H groups in total. The number of carbonyl (C=O) groups is 1. The molecule has 0 bridgehead atoms. The third kappa shape index (κ3) is 3.02. The van der Waals surface area contributed by atoms with E-state index in [0.717, 1.165) is 11.1 Å². The van der Waals surface area contributed by atoms with Crippen LogP contribution < -0.4 is 5.32 Å². The smallest absolute Gasteiger partial charge is 0.245 e. The number of fused-ring (bicyclic) bond motifs is 1. The lowest BCUT2D eigenvalue weighted by Crippen LogP contribution is -2.51. The Labute approximate surface area is 146 Å². The van der Waals surface area contributed by atoms with Crippen molar-refractivity contribution in [2.45, 2.75) is 23.9 Å². The van der Waals surface area contributed by atoms with E-state index in [1.807, 2.05) is 30.3 Å². The molecule has 1 amide bonds. The Morgan fingerprint density at radius 1 is 1.16 bits per heavy atom. The van der Waals surface area contributed by atoms with Crippen molar-refractivity contribution in [1.82, 2.24) is 9.62 Å². The van der Waals surface area contributed by atoms with Crippen molar-refractivity contribution in [3.63, 3.8) is 0 Å². The monoisotopic (exact) mass is 355 g/mol. The van der Waals surface area contributed by atoms with Crippen molar-refractivity contribution in [2.75, 3.05) is 7.05 Å². The van der Waals surface area contributed by atoms with E-state index in [1.54, 1.807) is 12.1 Å². The molecular weight excluding hydrogens is 338 g/mol. The van der Waals surface area contributed by atoms with Crippen LogP contribution in [0.1, 0.15) is 16.7 Å². The number of hydrogen-bond acceptors (Lipinski definition) is 4. The van der Waals surface area contributed by atoms with Crippen LogP contribution in [-0.4, -0.2) is 31.7 Å². The summed E-state index contributed by atoms with van der Waals surface area (Å²) in [4.78, 5) is 12.3. The molecule has 2 aromatic carbocycles. The number of hydrogen-bond donors (Lipinski definition) is 1. The molecule has 0 aromatic heterocycles. The quantitative estimate of drug-likeness (QED) is 0.901. The van der Waals surface area contributed by atoms with Crippen LogP contribution in [0, 0.1) is 11.3 Å². The summed E-state index contributed by atoms with van der Waals surface area (Å²) in [5.41, 5.74) is 1.88. The lowest BCUT2D eigenvalue weighted by Gasteiger charge is -2.34. The molecule has 2 aromatic rings. The van der Waals surface area contributed by atoms with Crippen LogP contribution in [0.4, 0.5) is 0 Å². The zero-order valence-corrected chi connectivity index (χ0v) is 14.5. The van der Waals surface area contributed by atoms with Gasteiger partial charge in [0.15, 0.2) is 0 Å². The van der Waals surface area contributed by atoms with Crippen molar-refractivity contribution in [3.8, 4) is 6.07 Å². The van der Waals surface area contributed by atoms with E-state index >= 15 is 0 Å². The minimum absolute atomic E-state index is 0.0667. The summed E-state index contributed by atoms with van der Waals surface area (Å²) in [6.45, 7) is 0.0936. The van der Waals surface area contributed by atoms with Crippen LogP contribution in [0.5, 0.6) is 0 Å². The molecule has 0 spiro atoms. The fraction of sp³-hybridized carbons (Fsp3) is 0.222. The van der Waals surface area contributed by atoms with Crippen LogP contribution in [0.2, 0.25) is 0 Å². The first-order chi connectivity index (χ1) is 12.0. The summed E-state index contributed by atoms with van der Waals surface area (Å²) in [7, 11) is -2.52. The van der Waals surface area contributed by atoms with Crippen molar-refractivity contribution in [3.05, 3.63) is 65.2 Å². The fourth-order valence-electron chi connectivity index (χ4n) is 3.05. The number of likely N-dealkylation sites (N-methyl/N-ethyl adjacent to an activating group) is 1. The van der Waals surface area contributed by atoms with E-state index in [4.69, 9.17) is 0 Å². The number of rotatable bonds is 3. The van der Waals surface area contributed by atoms with Gasteiger partial charge in [0, 0.05) is 13.6 Å². The van der Waals surface area contributed by atoms with E-state index in [-0.39, 0.29) is 22.9 Å². The Morgan fingerprint density at radius 3 is 2.48 bits per heavy atom. The molecule has 0 unspecified atom stereocenters. The molecule has 1 aliphatic heterocycles. The summed E-state index contributed by atoms with van der Waals surface area (Å²) in [5.74, 6) is -0.368. The number of sulfonamides is 1. The fourth-order valence-corrected chi connectivity index (χ4v) is 4.76. The van der Waals surface area contributed by atoms with Gasteiger partial charge in [-0.2, -0.15) is 9.57 Å². The van der Waals surface area contributed by atoms with Gasteiger partial charge in [-0.3, -0.25) is 4.79 Å². The highest BCUT2D eigenvalue weighted by Gasteiger charge is 2.39. The molecule has 0 saturated carbocycles. The van der Waals surface area contributed by atoms with Crippen LogP contribution in [0.3, 0.4) is 0 Å². The standard InChI is InChI=1S/C18H17N3O3S/c1-20-18(22)16-10-13-6-2-3-8-15(13)12-21(16)25(23,24)17-9-5-4-7-14(17)11-19/h2-9,16H,10,12H2,1H3,(H,20,22)/t16-/m0/s1. The molecule has 0 radical (unpaired) electrons.